The first-order chi connectivity index (χ1) is 9.13. The Labute approximate surface area is 118 Å². The lowest BCUT2D eigenvalue weighted by Crippen LogP contribution is -2.37. The zero-order chi connectivity index (χ0) is 13.6. The Morgan fingerprint density at radius 3 is 2.89 bits per heavy atom. The second-order valence-electron chi connectivity index (χ2n) is 4.62. The molecule has 2 aromatic rings. The Hall–Kier alpha value is -1.62. The van der Waals surface area contributed by atoms with E-state index < -0.39 is 10.7 Å². The number of benzene rings is 1. The number of fused-ring (bicyclic) bond motifs is 3. The molecule has 2 atom stereocenters. The molecule has 1 heterocycles. The highest BCUT2D eigenvalue weighted by Crippen LogP contribution is 2.35. The van der Waals surface area contributed by atoms with Gasteiger partial charge in [0, 0.05) is 10.9 Å². The number of ketones is 1. The summed E-state index contributed by atoms with van der Waals surface area (Å²) in [7, 11) is 1.34. The molecule has 98 valence electrons. The molecule has 1 aromatic heterocycles. The van der Waals surface area contributed by atoms with Gasteiger partial charge < -0.3 is 9.72 Å². The minimum Gasteiger partial charge on any atom is -0.469 e. The van der Waals surface area contributed by atoms with Crippen LogP contribution in [0.1, 0.15) is 16.1 Å². The highest BCUT2D eigenvalue weighted by Gasteiger charge is 2.40. The van der Waals surface area contributed by atoms with Gasteiger partial charge >= 0.3 is 5.97 Å². The smallest absolute Gasteiger partial charge is 0.310 e. The molecule has 0 bridgehead atoms. The van der Waals surface area contributed by atoms with E-state index in [-0.39, 0.29) is 11.8 Å². The summed E-state index contributed by atoms with van der Waals surface area (Å²) in [5.41, 5.74) is 2.43. The number of para-hydroxylation sites is 1. The Kier molecular flexibility index (Phi) is 2.93. The second kappa shape index (κ2) is 4.49. The van der Waals surface area contributed by atoms with E-state index in [0.29, 0.717) is 12.1 Å². The van der Waals surface area contributed by atoms with E-state index in [2.05, 4.69) is 20.9 Å². The van der Waals surface area contributed by atoms with Crippen LogP contribution in [0.25, 0.3) is 10.9 Å². The number of methoxy groups -OCH3 is 1. The number of hydrogen-bond donors (Lipinski definition) is 1. The summed E-state index contributed by atoms with van der Waals surface area (Å²) >= 11 is 3.32. The van der Waals surface area contributed by atoms with Gasteiger partial charge in [0.2, 0.25) is 0 Å². The van der Waals surface area contributed by atoms with Crippen molar-refractivity contribution < 1.29 is 14.3 Å². The monoisotopic (exact) mass is 321 g/mol. The number of aromatic amines is 1. The van der Waals surface area contributed by atoms with E-state index in [9.17, 15) is 9.59 Å². The summed E-state index contributed by atoms with van der Waals surface area (Å²) in [5.74, 6) is -0.914. The molecular formula is C14H12BrNO3. The van der Waals surface area contributed by atoms with Gasteiger partial charge in [0.25, 0.3) is 0 Å². The number of H-pyrrole nitrogens is 1. The number of alkyl halides is 1. The summed E-state index contributed by atoms with van der Waals surface area (Å²) in [5, 5.41) is 0.999. The largest absolute Gasteiger partial charge is 0.469 e. The molecule has 5 heteroatoms. The Bertz CT molecular complexity index is 676. The number of carbonyl (C=O) groups excluding carboxylic acids is 2. The minimum atomic E-state index is -0.527. The number of rotatable bonds is 1. The van der Waals surface area contributed by atoms with E-state index in [1.807, 2.05) is 24.3 Å². The lowest BCUT2D eigenvalue weighted by atomic mass is 9.85. The average Bonchev–Trinajstić information content (AvgIpc) is 2.81. The Balaban J connectivity index is 2.16. The van der Waals surface area contributed by atoms with Crippen molar-refractivity contribution in [2.45, 2.75) is 11.2 Å². The minimum absolute atomic E-state index is 0.0900. The fraction of sp³-hybridized carbons (Fsp3) is 0.286. The van der Waals surface area contributed by atoms with Crippen molar-refractivity contribution in [3.63, 3.8) is 0 Å². The van der Waals surface area contributed by atoms with E-state index >= 15 is 0 Å². The SMILES string of the molecule is COC(=O)C1Cc2c([nH]c3ccccc23)C(=O)C1Br. The molecule has 0 aliphatic heterocycles. The normalized spacial score (nSPS) is 22.3. The van der Waals surface area contributed by atoms with Gasteiger partial charge in [-0.05, 0) is 18.1 Å². The van der Waals surface area contributed by atoms with Crippen LogP contribution in [0.4, 0.5) is 0 Å². The fourth-order valence-electron chi connectivity index (χ4n) is 2.62. The molecule has 0 spiro atoms. The number of ether oxygens (including phenoxy) is 1. The number of Topliss-reactive ketones (excluding diaryl/α,β-unsaturated/α-hetero) is 1. The van der Waals surface area contributed by atoms with Crippen LogP contribution in [0.15, 0.2) is 24.3 Å². The summed E-state index contributed by atoms with van der Waals surface area (Å²) < 4.78 is 4.78. The second-order valence-corrected chi connectivity index (χ2v) is 5.61. The van der Waals surface area contributed by atoms with Gasteiger partial charge in [0.1, 0.15) is 0 Å². The first-order valence-electron chi connectivity index (χ1n) is 5.99. The number of nitrogens with one attached hydrogen (secondary N) is 1. The number of halogens is 1. The highest BCUT2D eigenvalue weighted by atomic mass is 79.9. The predicted octanol–water partition coefficient (Wildman–Crippen LogP) is 2.46. The standard InChI is InChI=1S/C14H12BrNO3/c1-19-14(18)9-6-8-7-4-2-3-5-10(7)16-12(8)13(17)11(9)15/h2-5,9,11,16H,6H2,1H3. The van der Waals surface area contributed by atoms with Crippen molar-refractivity contribution in [3.05, 3.63) is 35.5 Å². The van der Waals surface area contributed by atoms with Crippen molar-refractivity contribution in [2.24, 2.45) is 5.92 Å². The first kappa shape index (κ1) is 12.4. The van der Waals surface area contributed by atoms with Crippen molar-refractivity contribution in [2.75, 3.05) is 7.11 Å². The first-order valence-corrected chi connectivity index (χ1v) is 6.90. The summed E-state index contributed by atoms with van der Waals surface area (Å²) in [6.45, 7) is 0. The van der Waals surface area contributed by atoms with Crippen LogP contribution >= 0.6 is 15.9 Å². The molecule has 1 aliphatic carbocycles. The summed E-state index contributed by atoms with van der Waals surface area (Å²) in [6.07, 6.45) is 0.508. The van der Waals surface area contributed by atoms with Gasteiger partial charge in [-0.15, -0.1) is 0 Å². The third kappa shape index (κ3) is 1.80. The molecule has 1 N–H and O–H groups in total. The number of aromatic nitrogens is 1. The molecular weight excluding hydrogens is 310 g/mol. The molecule has 0 saturated carbocycles. The lowest BCUT2D eigenvalue weighted by Gasteiger charge is -2.24. The van der Waals surface area contributed by atoms with Gasteiger partial charge in [0.15, 0.2) is 5.78 Å². The van der Waals surface area contributed by atoms with Crippen LogP contribution in [-0.4, -0.2) is 28.7 Å². The van der Waals surface area contributed by atoms with Crippen LogP contribution in [0.3, 0.4) is 0 Å². The molecule has 0 saturated heterocycles. The Morgan fingerprint density at radius 1 is 1.42 bits per heavy atom. The van der Waals surface area contributed by atoms with Crippen molar-refractivity contribution >= 4 is 38.6 Å². The molecule has 0 amide bonds. The average molecular weight is 322 g/mol. The zero-order valence-electron chi connectivity index (χ0n) is 10.3. The third-order valence-corrected chi connectivity index (χ3v) is 4.65. The molecule has 2 unspecified atom stereocenters. The van der Waals surface area contributed by atoms with Crippen molar-refractivity contribution in [1.29, 1.82) is 0 Å². The van der Waals surface area contributed by atoms with E-state index in [0.717, 1.165) is 16.5 Å². The van der Waals surface area contributed by atoms with Crippen LogP contribution in [0, 0.1) is 5.92 Å². The number of carbonyl (C=O) groups is 2. The summed E-state index contributed by atoms with van der Waals surface area (Å²) in [6, 6.07) is 7.73. The van der Waals surface area contributed by atoms with E-state index in [1.165, 1.54) is 7.11 Å². The zero-order valence-corrected chi connectivity index (χ0v) is 11.9. The number of esters is 1. The summed E-state index contributed by atoms with van der Waals surface area (Å²) in [4.78, 5) is 26.7. The van der Waals surface area contributed by atoms with Crippen molar-refractivity contribution in [1.82, 2.24) is 4.98 Å². The van der Waals surface area contributed by atoms with Gasteiger partial charge in [0.05, 0.1) is 23.5 Å². The van der Waals surface area contributed by atoms with Crippen LogP contribution in [0.2, 0.25) is 0 Å². The fourth-order valence-corrected chi connectivity index (χ4v) is 3.25. The molecule has 19 heavy (non-hydrogen) atoms. The highest BCUT2D eigenvalue weighted by molar-refractivity contribution is 9.10. The maximum Gasteiger partial charge on any atom is 0.310 e. The maximum atomic E-state index is 12.3. The topological polar surface area (TPSA) is 59.2 Å². The van der Waals surface area contributed by atoms with Crippen LogP contribution in [0.5, 0.6) is 0 Å². The van der Waals surface area contributed by atoms with Crippen LogP contribution in [-0.2, 0) is 16.0 Å². The predicted molar refractivity (Wildman–Crippen MR) is 74.6 cm³/mol. The lowest BCUT2D eigenvalue weighted by molar-refractivity contribution is -0.145. The van der Waals surface area contributed by atoms with Gasteiger partial charge in [-0.25, -0.2) is 0 Å². The molecule has 4 nitrogen and oxygen atoms in total. The van der Waals surface area contributed by atoms with Gasteiger partial charge in [-0.1, -0.05) is 34.1 Å². The molecule has 3 rings (SSSR count). The van der Waals surface area contributed by atoms with E-state index in [1.54, 1.807) is 0 Å². The van der Waals surface area contributed by atoms with Gasteiger partial charge in [-0.3, -0.25) is 9.59 Å². The van der Waals surface area contributed by atoms with Gasteiger partial charge in [-0.2, -0.15) is 0 Å². The molecule has 0 radical (unpaired) electrons. The van der Waals surface area contributed by atoms with Crippen LogP contribution < -0.4 is 0 Å². The van der Waals surface area contributed by atoms with Crippen molar-refractivity contribution in [3.8, 4) is 0 Å². The number of hydrogen-bond acceptors (Lipinski definition) is 3. The van der Waals surface area contributed by atoms with E-state index in [4.69, 9.17) is 4.74 Å². The molecule has 0 fully saturated rings. The molecule has 1 aliphatic rings. The maximum absolute atomic E-state index is 12.3. The quantitative estimate of drug-likeness (QED) is 0.648. The molecule has 1 aromatic carbocycles. The Morgan fingerprint density at radius 2 is 2.16 bits per heavy atom. The third-order valence-electron chi connectivity index (χ3n) is 3.59.